The van der Waals surface area contributed by atoms with Crippen molar-refractivity contribution in [3.8, 4) is 0 Å². The number of thioether (sulfide) groups is 1. The largest absolute Gasteiger partial charge is 0.393 e. The van der Waals surface area contributed by atoms with E-state index in [9.17, 15) is 9.90 Å². The molecule has 1 saturated carbocycles. The summed E-state index contributed by atoms with van der Waals surface area (Å²) in [5.41, 5.74) is 0. The number of aliphatic hydroxyl groups excluding tert-OH is 1. The fourth-order valence-corrected chi connectivity index (χ4v) is 3.31. The predicted molar refractivity (Wildman–Crippen MR) is 82.4 cm³/mol. The third-order valence-corrected chi connectivity index (χ3v) is 4.79. The van der Waals surface area contributed by atoms with Gasteiger partial charge in [0.25, 0.3) is 0 Å². The number of rotatable bonds is 6. The van der Waals surface area contributed by atoms with Gasteiger partial charge in [-0.1, -0.05) is 27.2 Å². The number of hydrogen-bond donors (Lipinski definition) is 2. The van der Waals surface area contributed by atoms with Crippen LogP contribution in [0, 0.1) is 5.92 Å². The summed E-state index contributed by atoms with van der Waals surface area (Å²) in [5.74, 6) is 1.67. The Morgan fingerprint density at radius 1 is 1.37 bits per heavy atom. The molecule has 0 aliphatic heterocycles. The molecule has 2 N–H and O–H groups in total. The maximum absolute atomic E-state index is 11.7. The lowest BCUT2D eigenvalue weighted by molar-refractivity contribution is -0.121. The molecule has 1 aliphatic rings. The highest BCUT2D eigenvalue weighted by atomic mass is 32.2. The molecule has 1 rings (SSSR count). The van der Waals surface area contributed by atoms with Crippen LogP contribution in [0.2, 0.25) is 0 Å². The molecule has 0 aromatic rings. The maximum atomic E-state index is 11.7. The highest BCUT2D eigenvalue weighted by molar-refractivity contribution is 8.00. The molecule has 0 aromatic heterocycles. The van der Waals surface area contributed by atoms with Gasteiger partial charge in [0.1, 0.15) is 0 Å². The van der Waals surface area contributed by atoms with Crippen molar-refractivity contribution in [1.29, 1.82) is 0 Å². The summed E-state index contributed by atoms with van der Waals surface area (Å²) in [6.45, 7) is 7.34. The number of aliphatic hydroxyl groups is 1. The van der Waals surface area contributed by atoms with Gasteiger partial charge in [-0.2, -0.15) is 11.8 Å². The number of carbonyl (C=O) groups excluding carboxylic acids is 1. The van der Waals surface area contributed by atoms with Crippen molar-refractivity contribution in [2.75, 3.05) is 12.3 Å². The zero-order valence-electron chi connectivity index (χ0n) is 12.6. The second-order valence-corrected chi connectivity index (χ2v) is 8.48. The minimum Gasteiger partial charge on any atom is -0.393 e. The van der Waals surface area contributed by atoms with Gasteiger partial charge in [0.15, 0.2) is 0 Å². The average molecular weight is 287 g/mol. The zero-order valence-corrected chi connectivity index (χ0v) is 13.4. The van der Waals surface area contributed by atoms with Crippen LogP contribution in [0.25, 0.3) is 0 Å². The first kappa shape index (κ1) is 16.8. The fraction of sp³-hybridized carbons (Fsp3) is 0.933. The Morgan fingerprint density at radius 2 is 2.11 bits per heavy atom. The van der Waals surface area contributed by atoms with Crippen LogP contribution in [0.3, 0.4) is 0 Å². The smallest absolute Gasteiger partial charge is 0.220 e. The highest BCUT2D eigenvalue weighted by Crippen LogP contribution is 2.24. The van der Waals surface area contributed by atoms with Crippen molar-refractivity contribution >= 4 is 17.7 Å². The second kappa shape index (κ2) is 8.15. The highest BCUT2D eigenvalue weighted by Gasteiger charge is 2.20. The molecule has 0 radical (unpaired) electrons. The summed E-state index contributed by atoms with van der Waals surface area (Å²) in [7, 11) is 0. The predicted octanol–water partition coefficient (Wildman–Crippen LogP) is 2.97. The monoisotopic (exact) mass is 287 g/mol. The van der Waals surface area contributed by atoms with E-state index in [4.69, 9.17) is 0 Å². The molecular weight excluding hydrogens is 258 g/mol. The molecule has 3 nitrogen and oxygen atoms in total. The Labute approximate surface area is 121 Å². The van der Waals surface area contributed by atoms with E-state index < -0.39 is 0 Å². The molecule has 1 aliphatic carbocycles. The summed E-state index contributed by atoms with van der Waals surface area (Å²) in [6.07, 6.45) is 5.41. The van der Waals surface area contributed by atoms with Crippen LogP contribution in [-0.2, 0) is 4.79 Å². The molecule has 1 amide bonds. The summed E-state index contributed by atoms with van der Waals surface area (Å²) in [4.78, 5) is 11.7. The van der Waals surface area contributed by atoms with Crippen molar-refractivity contribution in [2.24, 2.45) is 5.92 Å². The van der Waals surface area contributed by atoms with Crippen molar-refractivity contribution < 1.29 is 9.90 Å². The van der Waals surface area contributed by atoms with Gasteiger partial charge < -0.3 is 10.4 Å². The zero-order chi connectivity index (χ0) is 14.3. The lowest BCUT2D eigenvalue weighted by Gasteiger charge is -2.25. The normalized spacial score (nSPS) is 24.2. The van der Waals surface area contributed by atoms with Gasteiger partial charge in [0.05, 0.1) is 6.10 Å². The lowest BCUT2D eigenvalue weighted by Crippen LogP contribution is -2.32. The van der Waals surface area contributed by atoms with Gasteiger partial charge in [-0.15, -0.1) is 0 Å². The van der Waals surface area contributed by atoms with Gasteiger partial charge in [0, 0.05) is 17.7 Å². The molecule has 0 spiro atoms. The van der Waals surface area contributed by atoms with E-state index in [0.29, 0.717) is 12.3 Å². The van der Waals surface area contributed by atoms with E-state index in [2.05, 4.69) is 26.1 Å². The molecule has 1 fully saturated rings. The van der Waals surface area contributed by atoms with Gasteiger partial charge >= 0.3 is 0 Å². The van der Waals surface area contributed by atoms with Crippen LogP contribution in [0.1, 0.15) is 59.3 Å². The minimum atomic E-state index is -0.154. The molecule has 0 heterocycles. The van der Waals surface area contributed by atoms with Crippen LogP contribution in [0.5, 0.6) is 0 Å². The Balaban J connectivity index is 2.04. The van der Waals surface area contributed by atoms with Crippen molar-refractivity contribution in [2.45, 2.75) is 70.1 Å². The maximum Gasteiger partial charge on any atom is 0.220 e. The first-order valence-electron chi connectivity index (χ1n) is 7.45. The molecule has 4 heteroatoms. The molecule has 0 aromatic carbocycles. The molecule has 19 heavy (non-hydrogen) atoms. The van der Waals surface area contributed by atoms with Crippen LogP contribution >= 0.6 is 11.8 Å². The Morgan fingerprint density at radius 3 is 2.74 bits per heavy atom. The number of amides is 1. The number of hydrogen-bond acceptors (Lipinski definition) is 3. The molecule has 2 atom stereocenters. The van der Waals surface area contributed by atoms with Crippen LogP contribution in [-0.4, -0.2) is 34.2 Å². The van der Waals surface area contributed by atoms with Crippen LogP contribution < -0.4 is 5.32 Å². The molecule has 0 bridgehead atoms. The van der Waals surface area contributed by atoms with E-state index in [1.807, 2.05) is 11.8 Å². The Kier molecular flexibility index (Phi) is 7.22. The topological polar surface area (TPSA) is 49.3 Å². The first-order valence-corrected chi connectivity index (χ1v) is 8.44. The Hall–Kier alpha value is -0.220. The van der Waals surface area contributed by atoms with Crippen LogP contribution in [0.4, 0.5) is 0 Å². The summed E-state index contributed by atoms with van der Waals surface area (Å²) in [5, 5.41) is 12.6. The number of nitrogens with one attached hydrogen (secondary N) is 1. The van der Waals surface area contributed by atoms with Gasteiger partial charge in [-0.3, -0.25) is 4.79 Å². The Bertz CT molecular complexity index is 276. The summed E-state index contributed by atoms with van der Waals surface area (Å²) < 4.78 is 0.286. The van der Waals surface area contributed by atoms with Gasteiger partial charge in [0.2, 0.25) is 5.91 Å². The second-order valence-electron chi connectivity index (χ2n) is 6.55. The molecule has 0 saturated heterocycles. The standard InChI is InChI=1S/C15H29NO2S/c1-15(2,3)19-9-5-8-14(18)16-11-12-6-4-7-13(17)10-12/h12-13,17H,4-11H2,1-3H3,(H,16,18). The third kappa shape index (κ3) is 8.53. The van der Waals surface area contributed by atoms with Gasteiger partial charge in [-0.05, 0) is 37.4 Å². The SMILES string of the molecule is CC(C)(C)SCCCC(=O)NCC1CCCC(O)C1. The lowest BCUT2D eigenvalue weighted by atomic mass is 9.87. The van der Waals surface area contributed by atoms with E-state index in [-0.39, 0.29) is 16.8 Å². The number of carbonyl (C=O) groups is 1. The third-order valence-electron chi connectivity index (χ3n) is 3.43. The molecule has 112 valence electrons. The van der Waals surface area contributed by atoms with E-state index >= 15 is 0 Å². The summed E-state index contributed by atoms with van der Waals surface area (Å²) in [6, 6.07) is 0. The summed E-state index contributed by atoms with van der Waals surface area (Å²) >= 11 is 1.91. The first-order chi connectivity index (χ1) is 8.87. The minimum absolute atomic E-state index is 0.154. The van der Waals surface area contributed by atoms with Crippen molar-refractivity contribution in [3.63, 3.8) is 0 Å². The van der Waals surface area contributed by atoms with E-state index in [1.165, 1.54) is 0 Å². The van der Waals surface area contributed by atoms with Crippen LogP contribution in [0.15, 0.2) is 0 Å². The molecular formula is C15H29NO2S. The van der Waals surface area contributed by atoms with E-state index in [1.54, 1.807) is 0 Å². The van der Waals surface area contributed by atoms with Crippen molar-refractivity contribution in [3.05, 3.63) is 0 Å². The van der Waals surface area contributed by atoms with E-state index in [0.717, 1.165) is 44.4 Å². The quantitative estimate of drug-likeness (QED) is 0.738. The molecule has 2 unspecified atom stereocenters. The van der Waals surface area contributed by atoms with Crippen molar-refractivity contribution in [1.82, 2.24) is 5.32 Å². The fourth-order valence-electron chi connectivity index (χ4n) is 2.41. The average Bonchev–Trinajstić information content (AvgIpc) is 2.31. The van der Waals surface area contributed by atoms with Gasteiger partial charge in [-0.25, -0.2) is 0 Å².